The van der Waals surface area contributed by atoms with E-state index < -0.39 is 0 Å². The summed E-state index contributed by atoms with van der Waals surface area (Å²) in [5.41, 5.74) is 1.23. The van der Waals surface area contributed by atoms with E-state index in [0.717, 1.165) is 35.8 Å². The molecular formula is C19H19N5O4S. The Morgan fingerprint density at radius 2 is 2.24 bits per heavy atom. The second-order valence-electron chi connectivity index (χ2n) is 7.07. The molecule has 1 unspecified atom stereocenters. The first-order valence-electron chi connectivity index (χ1n) is 9.43. The molecule has 9 nitrogen and oxygen atoms in total. The Labute approximate surface area is 169 Å². The summed E-state index contributed by atoms with van der Waals surface area (Å²) in [6.07, 6.45) is 3.08. The van der Waals surface area contributed by atoms with Crippen LogP contribution in [0.4, 0.5) is 5.13 Å². The van der Waals surface area contributed by atoms with Crippen LogP contribution in [0.2, 0.25) is 0 Å². The lowest BCUT2D eigenvalue weighted by molar-refractivity contribution is -0.125. The lowest BCUT2D eigenvalue weighted by atomic mass is 9.97. The van der Waals surface area contributed by atoms with Gasteiger partial charge in [0.25, 0.3) is 5.56 Å². The number of thiazole rings is 1. The Bertz CT molecular complexity index is 1130. The van der Waals surface area contributed by atoms with E-state index in [2.05, 4.69) is 25.2 Å². The summed E-state index contributed by atoms with van der Waals surface area (Å²) < 4.78 is 11.2. The summed E-state index contributed by atoms with van der Waals surface area (Å²) in [4.78, 5) is 37.9. The zero-order valence-electron chi connectivity index (χ0n) is 15.5. The summed E-state index contributed by atoms with van der Waals surface area (Å²) in [6, 6.07) is 5.67. The van der Waals surface area contributed by atoms with Gasteiger partial charge >= 0.3 is 0 Å². The van der Waals surface area contributed by atoms with E-state index in [9.17, 15) is 9.59 Å². The predicted octanol–water partition coefficient (Wildman–Crippen LogP) is 1.64. The number of nitrogens with zero attached hydrogens (tertiary/aromatic N) is 3. The highest BCUT2D eigenvalue weighted by Gasteiger charge is 2.28. The third-order valence-electron chi connectivity index (χ3n) is 5.15. The Balaban J connectivity index is 1.24. The van der Waals surface area contributed by atoms with Gasteiger partial charge in [0, 0.05) is 19.6 Å². The van der Waals surface area contributed by atoms with Gasteiger partial charge in [0.2, 0.25) is 12.7 Å². The first-order chi connectivity index (χ1) is 14.2. The molecule has 3 aromatic rings. The molecule has 2 aromatic heterocycles. The Hall–Kier alpha value is -3.14. The third-order valence-corrected chi connectivity index (χ3v) is 6.26. The summed E-state index contributed by atoms with van der Waals surface area (Å²) in [5, 5.41) is 3.76. The fourth-order valence-corrected chi connectivity index (χ4v) is 4.59. The minimum atomic E-state index is -0.186. The molecule has 0 bridgehead atoms. The van der Waals surface area contributed by atoms with Crippen LogP contribution in [0, 0.1) is 5.92 Å². The number of rotatable bonds is 4. The molecule has 1 amide bonds. The zero-order chi connectivity index (χ0) is 19.8. The molecule has 0 radical (unpaired) electrons. The topological polar surface area (TPSA) is 109 Å². The lowest BCUT2D eigenvalue weighted by Crippen LogP contribution is -2.42. The van der Waals surface area contributed by atoms with E-state index in [0.29, 0.717) is 29.2 Å². The number of carbonyl (C=O) groups excluding carboxylic acids is 1. The number of ether oxygens (including phenoxy) is 2. The maximum atomic E-state index is 12.7. The van der Waals surface area contributed by atoms with Crippen LogP contribution in [0.3, 0.4) is 0 Å². The highest BCUT2D eigenvalue weighted by atomic mass is 32.1. The number of H-pyrrole nitrogens is 1. The number of nitrogens with one attached hydrogen (secondary N) is 2. The first kappa shape index (κ1) is 17.9. The molecule has 1 aromatic carbocycles. The fraction of sp³-hybridized carbons (Fsp3) is 0.368. The quantitative estimate of drug-likeness (QED) is 0.669. The molecule has 5 rings (SSSR count). The van der Waals surface area contributed by atoms with Crippen molar-refractivity contribution in [3.05, 3.63) is 40.4 Å². The van der Waals surface area contributed by atoms with Gasteiger partial charge in [-0.3, -0.25) is 9.59 Å². The van der Waals surface area contributed by atoms with E-state index in [1.54, 1.807) is 0 Å². The van der Waals surface area contributed by atoms with E-state index in [-0.39, 0.29) is 24.2 Å². The smallest absolute Gasteiger partial charge is 0.270 e. The molecule has 150 valence electrons. The van der Waals surface area contributed by atoms with Crippen LogP contribution in [0.15, 0.2) is 29.3 Å². The number of anilines is 1. The largest absolute Gasteiger partial charge is 0.454 e. The van der Waals surface area contributed by atoms with Gasteiger partial charge in [-0.1, -0.05) is 17.4 Å². The number of piperidine rings is 1. The molecular weight excluding hydrogens is 394 g/mol. The van der Waals surface area contributed by atoms with Crippen molar-refractivity contribution < 1.29 is 14.3 Å². The molecule has 1 saturated heterocycles. The van der Waals surface area contributed by atoms with Crippen molar-refractivity contribution in [1.29, 1.82) is 0 Å². The SMILES string of the molecule is O=C(NCc1ccc2c(c1)OCO2)C1CCCN(c2nc3nc[nH]c(=O)c3s2)C1. The molecule has 0 saturated carbocycles. The number of hydrogen-bond acceptors (Lipinski definition) is 8. The number of aromatic amines is 1. The standard InChI is InChI=1S/C19H19N5O4S/c25-17(20-7-11-3-4-13-14(6-11)28-10-27-13)12-2-1-5-24(8-12)19-23-16-15(29-19)18(26)22-9-21-16/h3-4,6,9,12H,1-2,5,7-8,10H2,(H,20,25)(H,21,22,26). The number of benzene rings is 1. The van der Waals surface area contributed by atoms with Crippen molar-refractivity contribution in [1.82, 2.24) is 20.3 Å². The number of amides is 1. The average molecular weight is 413 g/mol. The van der Waals surface area contributed by atoms with E-state index in [1.165, 1.54) is 17.7 Å². The van der Waals surface area contributed by atoms with Crippen LogP contribution in [-0.4, -0.2) is 40.7 Å². The highest BCUT2D eigenvalue weighted by Crippen LogP contribution is 2.32. The van der Waals surface area contributed by atoms with Crippen molar-refractivity contribution in [2.75, 3.05) is 24.8 Å². The maximum absolute atomic E-state index is 12.7. The molecule has 2 aliphatic heterocycles. The van der Waals surface area contributed by atoms with E-state index in [1.807, 2.05) is 18.2 Å². The van der Waals surface area contributed by atoms with Gasteiger partial charge in [-0.2, -0.15) is 4.98 Å². The monoisotopic (exact) mass is 413 g/mol. The van der Waals surface area contributed by atoms with E-state index >= 15 is 0 Å². The number of fused-ring (bicyclic) bond motifs is 2. The lowest BCUT2D eigenvalue weighted by Gasteiger charge is -2.31. The van der Waals surface area contributed by atoms with Crippen molar-refractivity contribution in [3.8, 4) is 11.5 Å². The summed E-state index contributed by atoms with van der Waals surface area (Å²) in [5.74, 6) is 1.33. The van der Waals surface area contributed by atoms with Gasteiger partial charge in [0.05, 0.1) is 12.2 Å². The third kappa shape index (κ3) is 3.51. The van der Waals surface area contributed by atoms with E-state index in [4.69, 9.17) is 9.47 Å². The van der Waals surface area contributed by atoms with Gasteiger partial charge in [-0.15, -0.1) is 0 Å². The van der Waals surface area contributed by atoms with Crippen molar-refractivity contribution in [3.63, 3.8) is 0 Å². The molecule has 29 heavy (non-hydrogen) atoms. The molecule has 2 N–H and O–H groups in total. The average Bonchev–Trinajstić information content (AvgIpc) is 3.39. The normalized spacial score (nSPS) is 18.2. The number of aromatic nitrogens is 3. The van der Waals surface area contributed by atoms with Crippen molar-refractivity contribution >= 4 is 32.7 Å². The molecule has 1 atom stereocenters. The Morgan fingerprint density at radius 3 is 3.14 bits per heavy atom. The first-order valence-corrected chi connectivity index (χ1v) is 10.2. The van der Waals surface area contributed by atoms with Crippen LogP contribution in [0.25, 0.3) is 10.3 Å². The summed E-state index contributed by atoms with van der Waals surface area (Å²) in [6.45, 7) is 2.05. The molecule has 0 spiro atoms. The second kappa shape index (κ2) is 7.36. The van der Waals surface area contributed by atoms with Gasteiger partial charge in [-0.05, 0) is 30.5 Å². The van der Waals surface area contributed by atoms with Crippen molar-refractivity contribution in [2.24, 2.45) is 5.92 Å². The van der Waals surface area contributed by atoms with Gasteiger partial charge < -0.3 is 24.7 Å². The summed E-state index contributed by atoms with van der Waals surface area (Å²) >= 11 is 1.32. The van der Waals surface area contributed by atoms with Gasteiger partial charge in [-0.25, -0.2) is 4.98 Å². The van der Waals surface area contributed by atoms with Crippen LogP contribution in [-0.2, 0) is 11.3 Å². The zero-order valence-corrected chi connectivity index (χ0v) is 16.3. The minimum absolute atomic E-state index is 0.0180. The molecule has 2 aliphatic rings. The maximum Gasteiger partial charge on any atom is 0.270 e. The van der Waals surface area contributed by atoms with Gasteiger partial charge in [0.1, 0.15) is 4.70 Å². The highest BCUT2D eigenvalue weighted by molar-refractivity contribution is 7.22. The van der Waals surface area contributed by atoms with Crippen LogP contribution < -0.4 is 25.2 Å². The van der Waals surface area contributed by atoms with Crippen LogP contribution in [0.1, 0.15) is 18.4 Å². The number of carbonyl (C=O) groups is 1. The van der Waals surface area contributed by atoms with Gasteiger partial charge in [0.15, 0.2) is 22.3 Å². The van der Waals surface area contributed by atoms with Crippen LogP contribution in [0.5, 0.6) is 11.5 Å². The summed E-state index contributed by atoms with van der Waals surface area (Å²) in [7, 11) is 0. The Kier molecular flexibility index (Phi) is 4.55. The second-order valence-corrected chi connectivity index (χ2v) is 8.05. The Morgan fingerprint density at radius 1 is 1.34 bits per heavy atom. The number of hydrogen-bond donors (Lipinski definition) is 2. The molecule has 10 heteroatoms. The van der Waals surface area contributed by atoms with Crippen molar-refractivity contribution in [2.45, 2.75) is 19.4 Å². The van der Waals surface area contributed by atoms with Crippen LogP contribution >= 0.6 is 11.3 Å². The predicted molar refractivity (Wildman–Crippen MR) is 107 cm³/mol. The molecule has 0 aliphatic carbocycles. The molecule has 4 heterocycles. The molecule has 1 fully saturated rings. The minimum Gasteiger partial charge on any atom is -0.454 e. The fourth-order valence-electron chi connectivity index (χ4n) is 3.64.